The van der Waals surface area contributed by atoms with Gasteiger partial charge in [0.25, 0.3) is 0 Å². The maximum Gasteiger partial charge on any atom is 0.125 e. The lowest BCUT2D eigenvalue weighted by Crippen LogP contribution is -2.03. The van der Waals surface area contributed by atoms with Crippen LogP contribution in [0.15, 0.2) is 40.9 Å². The predicted molar refractivity (Wildman–Crippen MR) is 82.5 cm³/mol. The molecule has 2 rings (SSSR count). The molecular weight excluding hydrogens is 320 g/mol. The van der Waals surface area contributed by atoms with Gasteiger partial charge in [-0.1, -0.05) is 28.1 Å². The van der Waals surface area contributed by atoms with Gasteiger partial charge in [-0.15, -0.1) is 0 Å². The van der Waals surface area contributed by atoms with Crippen LogP contribution < -0.4 is 9.47 Å². The molecule has 0 bridgehead atoms. The first-order valence-electron chi connectivity index (χ1n) is 6.23. The zero-order valence-electron chi connectivity index (χ0n) is 11.7. The maximum absolute atomic E-state index is 10.6. The molecule has 1 atom stereocenters. The average Bonchev–Trinajstić information content (AvgIpc) is 2.48. The summed E-state index contributed by atoms with van der Waals surface area (Å²) in [7, 11) is 3.19. The molecule has 1 unspecified atom stereocenters. The number of halogens is 1. The Morgan fingerprint density at radius 2 is 1.80 bits per heavy atom. The van der Waals surface area contributed by atoms with Gasteiger partial charge in [-0.25, -0.2) is 0 Å². The number of ether oxygens (including phenoxy) is 2. The molecule has 4 heteroatoms. The summed E-state index contributed by atoms with van der Waals surface area (Å²) < 4.78 is 11.5. The summed E-state index contributed by atoms with van der Waals surface area (Å²) in [5, 5.41) is 10.6. The second kappa shape index (κ2) is 6.29. The fraction of sp³-hybridized carbons (Fsp3) is 0.250. The zero-order chi connectivity index (χ0) is 14.7. The minimum Gasteiger partial charge on any atom is -0.497 e. The van der Waals surface area contributed by atoms with Crippen molar-refractivity contribution in [3.05, 3.63) is 57.6 Å². The van der Waals surface area contributed by atoms with E-state index >= 15 is 0 Å². The molecule has 3 nitrogen and oxygen atoms in total. The molecule has 106 valence electrons. The van der Waals surface area contributed by atoms with Crippen LogP contribution in [-0.4, -0.2) is 19.3 Å². The molecule has 2 aromatic carbocycles. The lowest BCUT2D eigenvalue weighted by molar-refractivity contribution is 0.214. The predicted octanol–water partition coefficient (Wildman–Crippen LogP) is 3.86. The summed E-state index contributed by atoms with van der Waals surface area (Å²) >= 11 is 3.46. The van der Waals surface area contributed by atoms with Gasteiger partial charge in [0.2, 0.25) is 0 Å². The van der Waals surface area contributed by atoms with E-state index in [2.05, 4.69) is 15.9 Å². The SMILES string of the molecule is COc1ccc(OC)c(C(O)c2ccc(Br)c(C)c2)c1. The Labute approximate surface area is 127 Å². The van der Waals surface area contributed by atoms with Gasteiger partial charge in [0.05, 0.1) is 14.2 Å². The monoisotopic (exact) mass is 336 g/mol. The van der Waals surface area contributed by atoms with Crippen LogP contribution in [0.2, 0.25) is 0 Å². The van der Waals surface area contributed by atoms with Crippen molar-refractivity contribution in [1.29, 1.82) is 0 Å². The molecule has 0 aliphatic rings. The van der Waals surface area contributed by atoms with Gasteiger partial charge >= 0.3 is 0 Å². The zero-order valence-corrected chi connectivity index (χ0v) is 13.3. The van der Waals surface area contributed by atoms with Crippen LogP contribution in [0.4, 0.5) is 0 Å². The Morgan fingerprint density at radius 1 is 1.05 bits per heavy atom. The number of aryl methyl sites for hydroxylation is 1. The molecule has 0 spiro atoms. The molecule has 0 aliphatic heterocycles. The molecule has 1 N–H and O–H groups in total. The highest BCUT2D eigenvalue weighted by Gasteiger charge is 2.17. The van der Waals surface area contributed by atoms with Crippen molar-refractivity contribution in [2.75, 3.05) is 14.2 Å². The molecule has 0 saturated carbocycles. The van der Waals surface area contributed by atoms with Crippen molar-refractivity contribution in [2.24, 2.45) is 0 Å². The van der Waals surface area contributed by atoms with Gasteiger partial charge in [0.1, 0.15) is 17.6 Å². The van der Waals surface area contributed by atoms with Crippen LogP contribution in [-0.2, 0) is 0 Å². The van der Waals surface area contributed by atoms with Crippen LogP contribution >= 0.6 is 15.9 Å². The fourth-order valence-corrected chi connectivity index (χ4v) is 2.32. The van der Waals surface area contributed by atoms with E-state index in [0.717, 1.165) is 15.6 Å². The molecule has 2 aromatic rings. The Balaban J connectivity index is 2.45. The standard InChI is InChI=1S/C16H17BrO3/c1-10-8-11(4-6-14(10)17)16(18)13-9-12(19-2)5-7-15(13)20-3/h4-9,16,18H,1-3H3. The Bertz CT molecular complexity index is 611. The third-order valence-electron chi connectivity index (χ3n) is 3.23. The number of aliphatic hydroxyl groups is 1. The van der Waals surface area contributed by atoms with E-state index in [9.17, 15) is 5.11 Å². The highest BCUT2D eigenvalue weighted by atomic mass is 79.9. The maximum atomic E-state index is 10.6. The average molecular weight is 337 g/mol. The van der Waals surface area contributed by atoms with Crippen molar-refractivity contribution in [3.8, 4) is 11.5 Å². The van der Waals surface area contributed by atoms with Gasteiger partial charge in [0.15, 0.2) is 0 Å². The van der Waals surface area contributed by atoms with E-state index < -0.39 is 6.10 Å². The molecule has 0 fully saturated rings. The van der Waals surface area contributed by atoms with Crippen LogP contribution in [0.25, 0.3) is 0 Å². The van der Waals surface area contributed by atoms with Crippen LogP contribution in [0, 0.1) is 6.92 Å². The third kappa shape index (κ3) is 2.97. The van der Waals surface area contributed by atoms with Gasteiger partial charge in [-0.2, -0.15) is 0 Å². The summed E-state index contributed by atoms with van der Waals surface area (Å²) in [5.74, 6) is 1.33. The number of benzene rings is 2. The molecular formula is C16H17BrO3. The number of aliphatic hydroxyl groups excluding tert-OH is 1. The minimum atomic E-state index is -0.758. The first-order chi connectivity index (χ1) is 9.56. The van der Waals surface area contributed by atoms with Crippen molar-refractivity contribution in [3.63, 3.8) is 0 Å². The molecule has 0 radical (unpaired) electrons. The highest BCUT2D eigenvalue weighted by Crippen LogP contribution is 2.34. The van der Waals surface area contributed by atoms with E-state index in [1.54, 1.807) is 26.4 Å². The quantitative estimate of drug-likeness (QED) is 0.921. The Morgan fingerprint density at radius 3 is 2.40 bits per heavy atom. The molecule has 0 heterocycles. The molecule has 0 aliphatic carbocycles. The van der Waals surface area contributed by atoms with E-state index in [1.807, 2.05) is 31.2 Å². The van der Waals surface area contributed by atoms with Crippen LogP contribution in [0.1, 0.15) is 22.8 Å². The second-order valence-corrected chi connectivity index (χ2v) is 5.37. The van der Waals surface area contributed by atoms with E-state index in [4.69, 9.17) is 9.47 Å². The molecule has 0 amide bonds. The van der Waals surface area contributed by atoms with Crippen molar-refractivity contribution < 1.29 is 14.6 Å². The smallest absolute Gasteiger partial charge is 0.125 e. The largest absolute Gasteiger partial charge is 0.497 e. The summed E-state index contributed by atoms with van der Waals surface area (Å²) in [6.45, 7) is 1.99. The normalized spacial score (nSPS) is 12.1. The number of hydrogen-bond donors (Lipinski definition) is 1. The fourth-order valence-electron chi connectivity index (χ4n) is 2.07. The van der Waals surface area contributed by atoms with E-state index in [1.165, 1.54) is 0 Å². The first-order valence-corrected chi connectivity index (χ1v) is 7.02. The lowest BCUT2D eigenvalue weighted by Gasteiger charge is -2.17. The third-order valence-corrected chi connectivity index (χ3v) is 4.12. The van der Waals surface area contributed by atoms with Crippen LogP contribution in [0.5, 0.6) is 11.5 Å². The van der Waals surface area contributed by atoms with Gasteiger partial charge in [-0.3, -0.25) is 0 Å². The molecule has 20 heavy (non-hydrogen) atoms. The molecule has 0 aromatic heterocycles. The summed E-state index contributed by atoms with van der Waals surface area (Å²) in [5.41, 5.74) is 2.58. The molecule has 0 saturated heterocycles. The highest BCUT2D eigenvalue weighted by molar-refractivity contribution is 9.10. The van der Waals surface area contributed by atoms with E-state index in [0.29, 0.717) is 17.1 Å². The van der Waals surface area contributed by atoms with E-state index in [-0.39, 0.29) is 0 Å². The van der Waals surface area contributed by atoms with Crippen molar-refractivity contribution >= 4 is 15.9 Å². The number of hydrogen-bond acceptors (Lipinski definition) is 3. The Kier molecular flexibility index (Phi) is 4.68. The van der Waals surface area contributed by atoms with Crippen LogP contribution in [0.3, 0.4) is 0 Å². The van der Waals surface area contributed by atoms with Crippen molar-refractivity contribution in [2.45, 2.75) is 13.0 Å². The summed E-state index contributed by atoms with van der Waals surface area (Å²) in [4.78, 5) is 0. The number of methoxy groups -OCH3 is 2. The lowest BCUT2D eigenvalue weighted by atomic mass is 9.99. The number of rotatable bonds is 4. The second-order valence-electron chi connectivity index (χ2n) is 4.52. The van der Waals surface area contributed by atoms with Gasteiger partial charge in [0, 0.05) is 10.0 Å². The van der Waals surface area contributed by atoms with Gasteiger partial charge < -0.3 is 14.6 Å². The van der Waals surface area contributed by atoms with Gasteiger partial charge in [-0.05, 0) is 42.3 Å². The first kappa shape index (κ1) is 14.9. The van der Waals surface area contributed by atoms with Crippen molar-refractivity contribution in [1.82, 2.24) is 0 Å². The summed E-state index contributed by atoms with van der Waals surface area (Å²) in [6, 6.07) is 11.2. The minimum absolute atomic E-state index is 0.638. The Hall–Kier alpha value is -1.52. The summed E-state index contributed by atoms with van der Waals surface area (Å²) in [6.07, 6.45) is -0.758. The topological polar surface area (TPSA) is 38.7 Å².